The van der Waals surface area contributed by atoms with Gasteiger partial charge in [0, 0.05) is 13.3 Å². The van der Waals surface area contributed by atoms with Crippen LogP contribution in [0.3, 0.4) is 0 Å². The molecule has 0 aliphatic rings. The van der Waals surface area contributed by atoms with Crippen molar-refractivity contribution in [2.45, 2.75) is 52.2 Å². The highest BCUT2D eigenvalue weighted by Gasteiger charge is 2.20. The van der Waals surface area contributed by atoms with Gasteiger partial charge in [0.05, 0.1) is 6.10 Å². The molecule has 0 aliphatic heterocycles. The number of carbonyl (C=O) groups excluding carboxylic acids is 3. The number of ether oxygens (including phenoxy) is 2. The van der Waals surface area contributed by atoms with Gasteiger partial charge in [-0.3, -0.25) is 14.4 Å². The molecule has 0 unspecified atom stereocenters. The molecule has 0 spiro atoms. The number of aliphatic hydroxyl groups excluding tert-OH is 1. The summed E-state index contributed by atoms with van der Waals surface area (Å²) in [7, 11) is 0. The molecule has 0 saturated carbocycles. The third kappa shape index (κ3) is 9.77. The van der Waals surface area contributed by atoms with Crippen LogP contribution in [0.15, 0.2) is 0 Å². The third-order valence-electron chi connectivity index (χ3n) is 1.70. The third-order valence-corrected chi connectivity index (χ3v) is 1.70. The number of ketones is 1. The summed E-state index contributed by atoms with van der Waals surface area (Å²) in [5.41, 5.74) is -0.645. The molecule has 0 bridgehead atoms. The number of hydrogen-bond donors (Lipinski definition) is 1. The van der Waals surface area contributed by atoms with E-state index in [2.05, 4.69) is 4.74 Å². The van der Waals surface area contributed by atoms with Crippen LogP contribution in [0, 0.1) is 0 Å². The lowest BCUT2D eigenvalue weighted by molar-refractivity contribution is -0.157. The molecule has 6 nitrogen and oxygen atoms in total. The number of esters is 2. The Balaban J connectivity index is 3.96. The first-order valence-corrected chi connectivity index (χ1v) is 5.65. The van der Waals surface area contributed by atoms with Gasteiger partial charge in [0.15, 0.2) is 0 Å². The maximum atomic E-state index is 11.4. The number of aliphatic hydroxyl groups is 1. The fourth-order valence-electron chi connectivity index (χ4n) is 1.15. The molecular weight excluding hydrogens is 240 g/mol. The largest absolute Gasteiger partial charge is 0.463 e. The van der Waals surface area contributed by atoms with Crippen molar-refractivity contribution >= 4 is 17.7 Å². The first kappa shape index (κ1) is 16.6. The van der Waals surface area contributed by atoms with E-state index in [0.717, 1.165) is 0 Å². The summed E-state index contributed by atoms with van der Waals surface area (Å²) in [5.74, 6) is -1.62. The monoisotopic (exact) mass is 260 g/mol. The Hall–Kier alpha value is -1.43. The van der Waals surface area contributed by atoms with Crippen LogP contribution in [0.5, 0.6) is 0 Å². The molecule has 18 heavy (non-hydrogen) atoms. The van der Waals surface area contributed by atoms with E-state index in [-0.39, 0.29) is 13.0 Å². The highest BCUT2D eigenvalue weighted by molar-refractivity contribution is 5.95. The molecule has 0 amide bonds. The molecule has 0 fully saturated rings. The number of carbonyl (C=O) groups is 3. The second-order valence-electron chi connectivity index (χ2n) is 4.96. The second kappa shape index (κ2) is 7.10. The van der Waals surface area contributed by atoms with Crippen molar-refractivity contribution in [1.82, 2.24) is 0 Å². The molecule has 0 rings (SSSR count). The van der Waals surface area contributed by atoms with E-state index in [9.17, 15) is 19.5 Å². The van der Waals surface area contributed by atoms with Gasteiger partial charge in [0.2, 0.25) is 0 Å². The molecule has 0 aliphatic carbocycles. The highest BCUT2D eigenvalue weighted by Crippen LogP contribution is 2.09. The van der Waals surface area contributed by atoms with Crippen molar-refractivity contribution in [3.63, 3.8) is 0 Å². The van der Waals surface area contributed by atoms with Crippen molar-refractivity contribution in [3.05, 3.63) is 0 Å². The van der Waals surface area contributed by atoms with Crippen LogP contribution in [-0.4, -0.2) is 41.1 Å². The lowest BCUT2D eigenvalue weighted by atomic mass is 10.1. The number of Topliss-reactive ketones (excluding diaryl/α,β-unsaturated/α-hetero) is 1. The summed E-state index contributed by atoms with van der Waals surface area (Å²) in [5, 5.41) is 9.36. The van der Waals surface area contributed by atoms with Crippen LogP contribution in [0.25, 0.3) is 0 Å². The van der Waals surface area contributed by atoms with Crippen LogP contribution >= 0.6 is 0 Å². The van der Waals surface area contributed by atoms with Crippen molar-refractivity contribution in [1.29, 1.82) is 0 Å². The summed E-state index contributed by atoms with van der Waals surface area (Å²) in [6.07, 6.45) is -1.73. The summed E-state index contributed by atoms with van der Waals surface area (Å²) in [6.45, 7) is 6.05. The minimum absolute atomic E-state index is 0.244. The Morgan fingerprint density at radius 1 is 1.22 bits per heavy atom. The zero-order chi connectivity index (χ0) is 14.3. The van der Waals surface area contributed by atoms with Gasteiger partial charge in [-0.2, -0.15) is 0 Å². The first-order valence-electron chi connectivity index (χ1n) is 5.65. The molecule has 104 valence electrons. The Kier molecular flexibility index (Phi) is 6.54. The smallest absolute Gasteiger partial charge is 0.313 e. The van der Waals surface area contributed by atoms with Gasteiger partial charge in [-0.15, -0.1) is 0 Å². The fourth-order valence-corrected chi connectivity index (χ4v) is 1.15. The van der Waals surface area contributed by atoms with E-state index in [1.54, 1.807) is 20.8 Å². The molecular formula is C12H20O6. The van der Waals surface area contributed by atoms with Gasteiger partial charge >= 0.3 is 11.9 Å². The minimum atomic E-state index is -1.09. The minimum Gasteiger partial charge on any atom is -0.463 e. The SMILES string of the molecule is CC(=O)OC[C@@H](O)CC(=O)CC(=O)OC(C)(C)C. The van der Waals surface area contributed by atoms with Crippen molar-refractivity contribution in [2.75, 3.05) is 6.61 Å². The Morgan fingerprint density at radius 2 is 1.78 bits per heavy atom. The number of rotatable bonds is 6. The van der Waals surface area contributed by atoms with Crippen molar-refractivity contribution in [2.24, 2.45) is 0 Å². The zero-order valence-electron chi connectivity index (χ0n) is 11.2. The van der Waals surface area contributed by atoms with E-state index in [0.29, 0.717) is 0 Å². The van der Waals surface area contributed by atoms with Crippen molar-refractivity contribution < 1.29 is 29.0 Å². The van der Waals surface area contributed by atoms with Gasteiger partial charge < -0.3 is 14.6 Å². The fraction of sp³-hybridized carbons (Fsp3) is 0.750. The van der Waals surface area contributed by atoms with Gasteiger partial charge in [-0.25, -0.2) is 0 Å². The van der Waals surface area contributed by atoms with E-state index < -0.39 is 35.8 Å². The summed E-state index contributed by atoms with van der Waals surface area (Å²) >= 11 is 0. The van der Waals surface area contributed by atoms with Crippen LogP contribution < -0.4 is 0 Å². The van der Waals surface area contributed by atoms with E-state index in [1.807, 2.05) is 0 Å². The quantitative estimate of drug-likeness (QED) is 0.555. The molecule has 0 aromatic rings. The van der Waals surface area contributed by atoms with Crippen molar-refractivity contribution in [3.8, 4) is 0 Å². The van der Waals surface area contributed by atoms with Gasteiger partial charge in [0.25, 0.3) is 0 Å². The first-order chi connectivity index (χ1) is 8.10. The summed E-state index contributed by atoms with van der Waals surface area (Å²) in [4.78, 5) is 33.2. The molecule has 0 aromatic heterocycles. The summed E-state index contributed by atoms with van der Waals surface area (Å²) < 4.78 is 9.49. The second-order valence-corrected chi connectivity index (χ2v) is 4.96. The maximum absolute atomic E-state index is 11.4. The topological polar surface area (TPSA) is 89.9 Å². The predicted molar refractivity (Wildman–Crippen MR) is 62.7 cm³/mol. The Labute approximate surface area is 106 Å². The predicted octanol–water partition coefficient (Wildman–Crippen LogP) is 0.601. The molecule has 0 saturated heterocycles. The lowest BCUT2D eigenvalue weighted by Crippen LogP contribution is -2.27. The van der Waals surface area contributed by atoms with Crippen LogP contribution in [0.2, 0.25) is 0 Å². The van der Waals surface area contributed by atoms with Gasteiger partial charge in [-0.05, 0) is 20.8 Å². The Morgan fingerprint density at radius 3 is 2.22 bits per heavy atom. The van der Waals surface area contributed by atoms with E-state index >= 15 is 0 Å². The number of hydrogen-bond acceptors (Lipinski definition) is 6. The Bertz CT molecular complexity index is 315. The average Bonchev–Trinajstić information content (AvgIpc) is 2.10. The molecule has 1 atom stereocenters. The van der Waals surface area contributed by atoms with E-state index in [4.69, 9.17) is 4.74 Å². The molecule has 6 heteroatoms. The van der Waals surface area contributed by atoms with Crippen LogP contribution in [-0.2, 0) is 23.9 Å². The zero-order valence-corrected chi connectivity index (χ0v) is 11.2. The normalized spacial score (nSPS) is 12.7. The molecule has 0 heterocycles. The lowest BCUT2D eigenvalue weighted by Gasteiger charge is -2.19. The average molecular weight is 260 g/mol. The van der Waals surface area contributed by atoms with Crippen LogP contribution in [0.1, 0.15) is 40.5 Å². The van der Waals surface area contributed by atoms with E-state index in [1.165, 1.54) is 6.92 Å². The summed E-state index contributed by atoms with van der Waals surface area (Å²) in [6, 6.07) is 0. The molecule has 0 radical (unpaired) electrons. The standard InChI is InChI=1S/C12H20O6/c1-8(13)17-7-10(15)5-9(14)6-11(16)18-12(2,3)4/h10,15H,5-7H2,1-4H3/t10-/m0/s1. The van der Waals surface area contributed by atoms with Gasteiger partial charge in [-0.1, -0.05) is 0 Å². The van der Waals surface area contributed by atoms with Gasteiger partial charge in [0.1, 0.15) is 24.4 Å². The van der Waals surface area contributed by atoms with Crippen LogP contribution in [0.4, 0.5) is 0 Å². The maximum Gasteiger partial charge on any atom is 0.313 e. The molecule has 0 aromatic carbocycles. The highest BCUT2D eigenvalue weighted by atomic mass is 16.6. The molecule has 1 N–H and O–H groups in total.